The van der Waals surface area contributed by atoms with Crippen molar-refractivity contribution >= 4 is 11.9 Å². The van der Waals surface area contributed by atoms with Crippen molar-refractivity contribution in [1.29, 1.82) is 0 Å². The Labute approximate surface area is 116 Å². The van der Waals surface area contributed by atoms with Crippen molar-refractivity contribution in [3.8, 4) is 0 Å². The van der Waals surface area contributed by atoms with E-state index in [9.17, 15) is 4.79 Å². The van der Waals surface area contributed by atoms with E-state index in [1.54, 1.807) is 0 Å². The summed E-state index contributed by atoms with van der Waals surface area (Å²) in [5.41, 5.74) is 1.34. The monoisotopic (exact) mass is 263 g/mol. The third-order valence-corrected chi connectivity index (χ3v) is 4.00. The van der Waals surface area contributed by atoms with Crippen molar-refractivity contribution in [1.82, 2.24) is 0 Å². The Bertz CT molecular complexity index is 693. The molecule has 0 radical (unpaired) electrons. The van der Waals surface area contributed by atoms with Gasteiger partial charge in [0.05, 0.1) is 0 Å². The molecule has 0 saturated heterocycles. The van der Waals surface area contributed by atoms with E-state index in [-0.39, 0.29) is 11.9 Å². The Kier molecular flexibility index (Phi) is 2.30. The number of esters is 1. The molecule has 2 atom stereocenters. The smallest absolute Gasteiger partial charge is 0.341 e. The molecule has 1 spiro atoms. The first kappa shape index (κ1) is 11.4. The van der Waals surface area contributed by atoms with Gasteiger partial charge in [0.2, 0.25) is 5.90 Å². The van der Waals surface area contributed by atoms with Crippen LogP contribution in [0.3, 0.4) is 0 Å². The molecule has 2 aromatic carbocycles. The lowest BCUT2D eigenvalue weighted by atomic mass is 10.1. The average Bonchev–Trinajstić information content (AvgIpc) is 3.14. The fraction of sp³-hybridized carbons (Fsp3) is 0.176. The van der Waals surface area contributed by atoms with Crippen molar-refractivity contribution in [2.75, 3.05) is 0 Å². The quantitative estimate of drug-likeness (QED) is 0.781. The minimum atomic E-state index is -0.674. The first-order valence-electron chi connectivity index (χ1n) is 6.72. The Morgan fingerprint density at radius 2 is 1.65 bits per heavy atom. The van der Waals surface area contributed by atoms with Crippen molar-refractivity contribution in [2.45, 2.75) is 17.9 Å². The van der Waals surface area contributed by atoms with E-state index in [1.165, 1.54) is 0 Å². The van der Waals surface area contributed by atoms with E-state index in [0.717, 1.165) is 17.5 Å². The minimum Gasteiger partial charge on any atom is -0.405 e. The highest BCUT2D eigenvalue weighted by atomic mass is 16.6. The Balaban J connectivity index is 1.68. The van der Waals surface area contributed by atoms with Crippen LogP contribution in [0.4, 0.5) is 0 Å². The number of ether oxygens (including phenoxy) is 1. The molecule has 2 aliphatic rings. The fourth-order valence-electron chi connectivity index (χ4n) is 2.81. The number of hydrogen-bond donors (Lipinski definition) is 0. The Morgan fingerprint density at radius 3 is 2.35 bits per heavy atom. The maximum Gasteiger partial charge on any atom is 0.341 e. The molecular formula is C17H13NO2. The highest BCUT2D eigenvalue weighted by Crippen LogP contribution is 2.57. The number of cyclic esters (lactones) is 1. The third-order valence-electron chi connectivity index (χ3n) is 4.00. The van der Waals surface area contributed by atoms with Gasteiger partial charge in [-0.1, -0.05) is 48.5 Å². The third kappa shape index (κ3) is 1.59. The summed E-state index contributed by atoms with van der Waals surface area (Å²) in [6, 6.07) is 19.6. The predicted molar refractivity (Wildman–Crippen MR) is 75.6 cm³/mol. The van der Waals surface area contributed by atoms with E-state index in [1.807, 2.05) is 60.7 Å². The van der Waals surface area contributed by atoms with Gasteiger partial charge in [-0.05, 0) is 24.1 Å². The molecule has 98 valence electrons. The van der Waals surface area contributed by atoms with Crippen molar-refractivity contribution in [2.24, 2.45) is 4.99 Å². The van der Waals surface area contributed by atoms with Crippen LogP contribution in [0, 0.1) is 0 Å². The van der Waals surface area contributed by atoms with Crippen LogP contribution in [0.5, 0.6) is 0 Å². The first-order valence-corrected chi connectivity index (χ1v) is 6.72. The number of carbonyl (C=O) groups excluding carboxylic acids is 1. The van der Waals surface area contributed by atoms with Crippen LogP contribution in [0.15, 0.2) is 65.7 Å². The molecule has 0 aromatic heterocycles. The summed E-state index contributed by atoms with van der Waals surface area (Å²) in [6.07, 6.45) is 0.742. The van der Waals surface area contributed by atoms with Gasteiger partial charge in [-0.2, -0.15) is 0 Å². The SMILES string of the molecule is O=C1OC(c2ccccc2)=NC12C[C@@H]2c1ccccc1. The fourth-order valence-corrected chi connectivity index (χ4v) is 2.81. The molecule has 0 bridgehead atoms. The maximum atomic E-state index is 12.2. The molecule has 1 heterocycles. The van der Waals surface area contributed by atoms with Crippen LogP contribution < -0.4 is 0 Å². The summed E-state index contributed by atoms with van der Waals surface area (Å²) in [6.45, 7) is 0. The standard InChI is InChI=1S/C17H13NO2/c19-16-17(11-14(17)12-7-3-1-4-8-12)18-15(20-16)13-9-5-2-6-10-13/h1-10,14H,11H2/t14-,17?/m1/s1. The molecule has 1 saturated carbocycles. The second-order valence-corrected chi connectivity index (χ2v) is 5.26. The van der Waals surface area contributed by atoms with Crippen molar-refractivity contribution in [3.05, 3.63) is 71.8 Å². The highest BCUT2D eigenvalue weighted by molar-refractivity contribution is 6.09. The molecule has 3 nitrogen and oxygen atoms in total. The number of aliphatic imine (C=N–C) groups is 1. The molecule has 0 amide bonds. The number of benzene rings is 2. The predicted octanol–water partition coefficient (Wildman–Crippen LogP) is 2.92. The summed E-state index contributed by atoms with van der Waals surface area (Å²) in [7, 11) is 0. The summed E-state index contributed by atoms with van der Waals surface area (Å²) in [4.78, 5) is 16.8. The van der Waals surface area contributed by atoms with E-state index in [4.69, 9.17) is 4.74 Å². The molecule has 1 aliphatic heterocycles. The van der Waals surface area contributed by atoms with Crippen LogP contribution in [-0.2, 0) is 9.53 Å². The minimum absolute atomic E-state index is 0.150. The Hall–Kier alpha value is -2.42. The summed E-state index contributed by atoms with van der Waals surface area (Å²) < 4.78 is 5.39. The molecular weight excluding hydrogens is 250 g/mol. The zero-order chi connectivity index (χ0) is 13.6. The van der Waals surface area contributed by atoms with Crippen molar-refractivity contribution < 1.29 is 9.53 Å². The number of carbonyl (C=O) groups is 1. The maximum absolute atomic E-state index is 12.2. The Morgan fingerprint density at radius 1 is 1.00 bits per heavy atom. The van der Waals surface area contributed by atoms with Gasteiger partial charge in [0.25, 0.3) is 0 Å². The summed E-state index contributed by atoms with van der Waals surface area (Å²) in [5, 5.41) is 0. The van der Waals surface area contributed by atoms with Crippen molar-refractivity contribution in [3.63, 3.8) is 0 Å². The van der Waals surface area contributed by atoms with Gasteiger partial charge in [-0.15, -0.1) is 0 Å². The van der Waals surface area contributed by atoms with Crippen LogP contribution in [-0.4, -0.2) is 17.4 Å². The molecule has 3 heteroatoms. The largest absolute Gasteiger partial charge is 0.405 e. The highest BCUT2D eigenvalue weighted by Gasteiger charge is 2.65. The molecule has 1 unspecified atom stereocenters. The zero-order valence-corrected chi connectivity index (χ0v) is 10.8. The summed E-state index contributed by atoms with van der Waals surface area (Å²) in [5.74, 6) is 0.386. The number of hydrogen-bond acceptors (Lipinski definition) is 3. The number of rotatable bonds is 2. The molecule has 1 fully saturated rings. The second-order valence-electron chi connectivity index (χ2n) is 5.26. The lowest BCUT2D eigenvalue weighted by Crippen LogP contribution is -2.18. The van der Waals surface area contributed by atoms with E-state index in [0.29, 0.717) is 5.90 Å². The second kappa shape index (κ2) is 4.04. The van der Waals surface area contributed by atoms with E-state index >= 15 is 0 Å². The van der Waals surface area contributed by atoms with Crippen LogP contribution in [0.25, 0.3) is 0 Å². The summed E-state index contributed by atoms with van der Waals surface area (Å²) >= 11 is 0. The topological polar surface area (TPSA) is 38.7 Å². The lowest BCUT2D eigenvalue weighted by molar-refractivity contribution is -0.136. The van der Waals surface area contributed by atoms with Gasteiger partial charge in [0.1, 0.15) is 0 Å². The van der Waals surface area contributed by atoms with E-state index < -0.39 is 5.54 Å². The number of nitrogens with zero attached hydrogens (tertiary/aromatic N) is 1. The van der Waals surface area contributed by atoms with Gasteiger partial charge < -0.3 is 4.74 Å². The van der Waals surface area contributed by atoms with Gasteiger partial charge >= 0.3 is 5.97 Å². The van der Waals surface area contributed by atoms with Crippen LogP contribution >= 0.6 is 0 Å². The lowest BCUT2D eigenvalue weighted by Gasteiger charge is -2.01. The molecule has 20 heavy (non-hydrogen) atoms. The normalized spacial score (nSPS) is 27.3. The van der Waals surface area contributed by atoms with Gasteiger partial charge in [-0.3, -0.25) is 0 Å². The average molecular weight is 263 g/mol. The molecule has 2 aromatic rings. The van der Waals surface area contributed by atoms with Crippen LogP contribution in [0.2, 0.25) is 0 Å². The van der Waals surface area contributed by atoms with Gasteiger partial charge in [0.15, 0.2) is 5.54 Å². The van der Waals surface area contributed by atoms with Gasteiger partial charge in [0, 0.05) is 11.5 Å². The van der Waals surface area contributed by atoms with Crippen LogP contribution in [0.1, 0.15) is 23.5 Å². The first-order chi connectivity index (χ1) is 9.79. The molecule has 0 N–H and O–H groups in total. The molecule has 4 rings (SSSR count). The molecule has 1 aliphatic carbocycles. The van der Waals surface area contributed by atoms with E-state index in [2.05, 4.69) is 4.99 Å². The van der Waals surface area contributed by atoms with Gasteiger partial charge in [-0.25, -0.2) is 9.79 Å². The zero-order valence-electron chi connectivity index (χ0n) is 10.8.